The predicted octanol–water partition coefficient (Wildman–Crippen LogP) is 2.86. The second-order valence-corrected chi connectivity index (χ2v) is 6.07. The van der Waals surface area contributed by atoms with Crippen LogP contribution in [0.2, 0.25) is 0 Å². The van der Waals surface area contributed by atoms with Gasteiger partial charge in [0.1, 0.15) is 0 Å². The van der Waals surface area contributed by atoms with Gasteiger partial charge in [-0.25, -0.2) is 3.11 Å². The lowest BCUT2D eigenvalue weighted by Crippen LogP contribution is -2.43. The van der Waals surface area contributed by atoms with Crippen LogP contribution in [0.1, 0.15) is 34.1 Å². The monoisotopic (exact) mass is 297 g/mol. The molecule has 78 valence electrons. The minimum Gasteiger partial charge on any atom is -0.384 e. The topological polar surface area (TPSA) is 12.5 Å². The van der Waals surface area contributed by atoms with E-state index in [1.807, 2.05) is 0 Å². The molecule has 0 saturated carbocycles. The average molecular weight is 297 g/mol. The fourth-order valence-electron chi connectivity index (χ4n) is 2.34. The first kappa shape index (κ1) is 11.7. The van der Waals surface area contributed by atoms with Gasteiger partial charge in [0.15, 0.2) is 0 Å². The summed E-state index contributed by atoms with van der Waals surface area (Å²) in [5.74, 6) is 0.643. The molecule has 1 fully saturated rings. The second kappa shape index (κ2) is 3.66. The maximum absolute atomic E-state index is 5.27. The minimum absolute atomic E-state index is 0.250. The zero-order valence-corrected chi connectivity index (χ0v) is 11.4. The van der Waals surface area contributed by atoms with Crippen LogP contribution >= 0.6 is 22.9 Å². The van der Waals surface area contributed by atoms with Crippen molar-refractivity contribution in [3.05, 3.63) is 0 Å². The highest BCUT2D eigenvalue weighted by molar-refractivity contribution is 14.1. The second-order valence-electron chi connectivity index (χ2n) is 5.10. The lowest BCUT2D eigenvalue weighted by atomic mass is 9.88. The SMILES string of the molecule is COCC1CC(C)(C)N(I)C1(C)C. The van der Waals surface area contributed by atoms with Crippen LogP contribution in [0, 0.1) is 5.92 Å². The van der Waals surface area contributed by atoms with E-state index in [9.17, 15) is 0 Å². The summed E-state index contributed by atoms with van der Waals surface area (Å²) < 4.78 is 7.72. The molecule has 1 atom stereocenters. The van der Waals surface area contributed by atoms with Gasteiger partial charge < -0.3 is 4.74 Å². The van der Waals surface area contributed by atoms with Gasteiger partial charge in [-0.2, -0.15) is 0 Å². The summed E-state index contributed by atoms with van der Waals surface area (Å²) in [6.45, 7) is 10.1. The lowest BCUT2D eigenvalue weighted by molar-refractivity contribution is 0.112. The fraction of sp³-hybridized carbons (Fsp3) is 1.00. The molecular weight excluding hydrogens is 277 g/mol. The normalized spacial score (nSPS) is 32.3. The number of methoxy groups -OCH3 is 1. The molecule has 2 nitrogen and oxygen atoms in total. The number of hydrogen-bond donors (Lipinski definition) is 0. The summed E-state index contributed by atoms with van der Waals surface area (Å²) in [7, 11) is 1.79. The molecule has 0 bridgehead atoms. The third-order valence-corrected chi connectivity index (χ3v) is 5.70. The average Bonchev–Trinajstić information content (AvgIpc) is 2.14. The quantitative estimate of drug-likeness (QED) is 0.574. The third-order valence-electron chi connectivity index (χ3n) is 3.15. The maximum Gasteiger partial charge on any atom is 0.0508 e. The molecule has 0 spiro atoms. The molecule has 0 aromatic rings. The fourth-order valence-corrected chi connectivity index (χ4v) is 2.93. The summed E-state index contributed by atoms with van der Waals surface area (Å²) in [6, 6.07) is 0. The summed E-state index contributed by atoms with van der Waals surface area (Å²) in [4.78, 5) is 0. The van der Waals surface area contributed by atoms with Gasteiger partial charge in [-0.05, 0) is 34.1 Å². The summed E-state index contributed by atoms with van der Waals surface area (Å²) in [5, 5.41) is 0. The van der Waals surface area contributed by atoms with Crippen molar-refractivity contribution >= 4 is 22.9 Å². The minimum atomic E-state index is 0.250. The molecule has 0 aromatic carbocycles. The smallest absolute Gasteiger partial charge is 0.0508 e. The Labute approximate surface area is 95.5 Å². The zero-order valence-electron chi connectivity index (χ0n) is 9.22. The number of nitrogens with zero attached hydrogens (tertiary/aromatic N) is 1. The van der Waals surface area contributed by atoms with E-state index in [1.165, 1.54) is 6.42 Å². The Hall–Kier alpha value is 0.650. The molecule has 0 aliphatic carbocycles. The Balaban J connectivity index is 2.80. The van der Waals surface area contributed by atoms with Crippen LogP contribution in [-0.4, -0.2) is 27.9 Å². The summed E-state index contributed by atoms with van der Waals surface area (Å²) in [6.07, 6.45) is 1.22. The van der Waals surface area contributed by atoms with Gasteiger partial charge in [-0.15, -0.1) is 0 Å². The molecule has 1 heterocycles. The standard InChI is InChI=1S/C10H20INO/c1-9(2)6-8(7-13-5)10(3,4)12(9)11/h8H,6-7H2,1-5H3. The Morgan fingerprint density at radius 2 is 1.92 bits per heavy atom. The van der Waals surface area contributed by atoms with Gasteiger partial charge in [-0.1, -0.05) is 0 Å². The largest absolute Gasteiger partial charge is 0.384 e. The van der Waals surface area contributed by atoms with Crippen molar-refractivity contribution < 1.29 is 4.74 Å². The van der Waals surface area contributed by atoms with E-state index in [0.717, 1.165) is 6.61 Å². The van der Waals surface area contributed by atoms with E-state index in [-0.39, 0.29) is 5.54 Å². The van der Waals surface area contributed by atoms with Gasteiger partial charge in [0.25, 0.3) is 0 Å². The highest BCUT2D eigenvalue weighted by Gasteiger charge is 2.50. The predicted molar refractivity (Wildman–Crippen MR) is 64.0 cm³/mol. The molecule has 1 rings (SSSR count). The highest BCUT2D eigenvalue weighted by Crippen LogP contribution is 2.47. The van der Waals surface area contributed by atoms with E-state index >= 15 is 0 Å². The van der Waals surface area contributed by atoms with Gasteiger partial charge in [0, 0.05) is 47.0 Å². The van der Waals surface area contributed by atoms with Gasteiger partial charge in [0.05, 0.1) is 6.61 Å². The first-order valence-corrected chi connectivity index (χ1v) is 5.74. The molecule has 0 aromatic heterocycles. The number of rotatable bonds is 2. The van der Waals surface area contributed by atoms with Crippen LogP contribution in [0.3, 0.4) is 0 Å². The van der Waals surface area contributed by atoms with E-state index in [1.54, 1.807) is 7.11 Å². The first-order chi connectivity index (χ1) is 5.82. The van der Waals surface area contributed by atoms with E-state index in [4.69, 9.17) is 4.74 Å². The molecule has 3 heteroatoms. The number of hydrogen-bond acceptors (Lipinski definition) is 2. The molecule has 1 saturated heterocycles. The van der Waals surface area contributed by atoms with Crippen LogP contribution in [0.4, 0.5) is 0 Å². The lowest BCUT2D eigenvalue weighted by Gasteiger charge is -2.36. The Bertz CT molecular complexity index is 191. The van der Waals surface area contributed by atoms with E-state index in [0.29, 0.717) is 11.5 Å². The van der Waals surface area contributed by atoms with Crippen LogP contribution in [-0.2, 0) is 4.74 Å². The van der Waals surface area contributed by atoms with Crippen molar-refractivity contribution in [3.8, 4) is 0 Å². The molecular formula is C10H20INO. The molecule has 0 amide bonds. The van der Waals surface area contributed by atoms with Crippen molar-refractivity contribution in [2.24, 2.45) is 5.92 Å². The van der Waals surface area contributed by atoms with Crippen molar-refractivity contribution in [2.75, 3.05) is 13.7 Å². The third kappa shape index (κ3) is 2.02. The van der Waals surface area contributed by atoms with Crippen LogP contribution in [0.25, 0.3) is 0 Å². The van der Waals surface area contributed by atoms with Crippen molar-refractivity contribution in [1.82, 2.24) is 3.11 Å². The van der Waals surface area contributed by atoms with Crippen LogP contribution in [0.15, 0.2) is 0 Å². The molecule has 1 aliphatic heterocycles. The summed E-state index contributed by atoms with van der Waals surface area (Å²) in [5.41, 5.74) is 0.549. The van der Waals surface area contributed by atoms with Crippen molar-refractivity contribution in [1.29, 1.82) is 0 Å². The van der Waals surface area contributed by atoms with Gasteiger partial charge >= 0.3 is 0 Å². The first-order valence-electron chi connectivity index (χ1n) is 4.77. The highest BCUT2D eigenvalue weighted by atomic mass is 127. The molecule has 1 aliphatic rings. The van der Waals surface area contributed by atoms with Crippen LogP contribution in [0.5, 0.6) is 0 Å². The van der Waals surface area contributed by atoms with Gasteiger partial charge in [-0.3, -0.25) is 0 Å². The molecule has 0 N–H and O–H groups in total. The summed E-state index contributed by atoms with van der Waals surface area (Å²) >= 11 is 2.45. The van der Waals surface area contributed by atoms with Crippen LogP contribution < -0.4 is 0 Å². The Kier molecular flexibility index (Phi) is 3.30. The number of halogens is 1. The molecule has 0 radical (unpaired) electrons. The molecule has 13 heavy (non-hydrogen) atoms. The van der Waals surface area contributed by atoms with E-state index in [2.05, 4.69) is 53.7 Å². The van der Waals surface area contributed by atoms with Crippen molar-refractivity contribution in [3.63, 3.8) is 0 Å². The van der Waals surface area contributed by atoms with E-state index < -0.39 is 0 Å². The van der Waals surface area contributed by atoms with Gasteiger partial charge in [0.2, 0.25) is 0 Å². The number of ether oxygens (including phenoxy) is 1. The zero-order chi connectivity index (χ0) is 10.3. The molecule has 1 unspecified atom stereocenters. The Morgan fingerprint density at radius 3 is 2.23 bits per heavy atom. The maximum atomic E-state index is 5.27. The Morgan fingerprint density at radius 1 is 1.38 bits per heavy atom. The van der Waals surface area contributed by atoms with Crippen molar-refractivity contribution in [2.45, 2.75) is 45.2 Å².